The number of hydrogen-bond acceptors (Lipinski definition) is 5. The van der Waals surface area contributed by atoms with Crippen LogP contribution in [0.25, 0.3) is 10.8 Å². The predicted octanol–water partition coefficient (Wildman–Crippen LogP) is 7.63. The minimum absolute atomic E-state index is 0. The second-order valence-electron chi connectivity index (χ2n) is 9.80. The molecule has 1 aliphatic rings. The Labute approximate surface area is 242 Å². The SMILES string of the molecule is CSc1ccc(COCCCOc2ccc(C3CCNCC3OCc3ccc4ccccc4c3)cc2)cc1.Cl. The Hall–Kier alpha value is -2.54. The van der Waals surface area contributed by atoms with Crippen molar-refractivity contribution in [2.75, 3.05) is 32.6 Å². The summed E-state index contributed by atoms with van der Waals surface area (Å²) in [7, 11) is 0. The molecule has 1 fully saturated rings. The zero-order chi connectivity index (χ0) is 26.0. The van der Waals surface area contributed by atoms with Crippen molar-refractivity contribution in [2.24, 2.45) is 0 Å². The second-order valence-corrected chi connectivity index (χ2v) is 10.7. The first kappa shape index (κ1) is 29.4. The van der Waals surface area contributed by atoms with Crippen LogP contribution in [0.1, 0.15) is 35.4 Å². The number of fused-ring (bicyclic) bond motifs is 1. The van der Waals surface area contributed by atoms with E-state index in [1.165, 1.54) is 32.4 Å². The number of rotatable bonds is 12. The molecule has 206 valence electrons. The molecule has 2 atom stereocenters. The van der Waals surface area contributed by atoms with Gasteiger partial charge in [0.15, 0.2) is 0 Å². The smallest absolute Gasteiger partial charge is 0.119 e. The molecule has 0 spiro atoms. The van der Waals surface area contributed by atoms with Crippen molar-refractivity contribution in [3.8, 4) is 5.75 Å². The van der Waals surface area contributed by atoms with Crippen LogP contribution in [0.5, 0.6) is 5.75 Å². The molecule has 4 aromatic rings. The summed E-state index contributed by atoms with van der Waals surface area (Å²) in [5.41, 5.74) is 3.74. The van der Waals surface area contributed by atoms with Crippen LogP contribution >= 0.6 is 24.2 Å². The van der Waals surface area contributed by atoms with Crippen LogP contribution < -0.4 is 10.1 Å². The molecule has 0 amide bonds. The average Bonchev–Trinajstić information content (AvgIpc) is 2.98. The van der Waals surface area contributed by atoms with Crippen LogP contribution in [-0.2, 0) is 22.7 Å². The minimum Gasteiger partial charge on any atom is -0.494 e. The molecule has 0 aromatic heterocycles. The van der Waals surface area contributed by atoms with E-state index in [1.54, 1.807) is 11.8 Å². The molecular formula is C33H38ClNO3S. The highest BCUT2D eigenvalue weighted by Crippen LogP contribution is 2.30. The highest BCUT2D eigenvalue weighted by Gasteiger charge is 2.27. The monoisotopic (exact) mass is 563 g/mol. The fraction of sp³-hybridized carbons (Fsp3) is 0.333. The molecule has 39 heavy (non-hydrogen) atoms. The van der Waals surface area contributed by atoms with E-state index in [4.69, 9.17) is 14.2 Å². The maximum absolute atomic E-state index is 6.45. The number of halogens is 1. The third-order valence-electron chi connectivity index (χ3n) is 7.14. The van der Waals surface area contributed by atoms with E-state index >= 15 is 0 Å². The van der Waals surface area contributed by atoms with Gasteiger partial charge >= 0.3 is 0 Å². The van der Waals surface area contributed by atoms with Gasteiger partial charge < -0.3 is 19.5 Å². The van der Waals surface area contributed by atoms with Crippen LogP contribution in [0.2, 0.25) is 0 Å². The first-order valence-electron chi connectivity index (χ1n) is 13.5. The Bertz CT molecular complexity index is 1280. The summed E-state index contributed by atoms with van der Waals surface area (Å²) in [5.74, 6) is 1.29. The molecule has 0 aliphatic carbocycles. The lowest BCUT2D eigenvalue weighted by molar-refractivity contribution is 0.0106. The van der Waals surface area contributed by atoms with Crippen molar-refractivity contribution < 1.29 is 14.2 Å². The Morgan fingerprint density at radius 1 is 0.821 bits per heavy atom. The van der Waals surface area contributed by atoms with Crippen molar-refractivity contribution in [2.45, 2.75) is 43.0 Å². The van der Waals surface area contributed by atoms with Gasteiger partial charge in [0.1, 0.15) is 5.75 Å². The van der Waals surface area contributed by atoms with Gasteiger partial charge in [-0.05, 0) is 77.0 Å². The molecule has 1 aliphatic heterocycles. The Kier molecular flexibility index (Phi) is 11.6. The second kappa shape index (κ2) is 15.3. The molecule has 5 rings (SSSR count). The van der Waals surface area contributed by atoms with Crippen molar-refractivity contribution in [1.82, 2.24) is 5.32 Å². The molecule has 6 heteroatoms. The van der Waals surface area contributed by atoms with Gasteiger partial charge in [-0.25, -0.2) is 0 Å². The Morgan fingerprint density at radius 2 is 1.59 bits per heavy atom. The van der Waals surface area contributed by atoms with Gasteiger partial charge in [0.05, 0.1) is 32.5 Å². The van der Waals surface area contributed by atoms with Crippen LogP contribution in [-0.4, -0.2) is 38.7 Å². The summed E-state index contributed by atoms with van der Waals surface area (Å²) in [4.78, 5) is 1.28. The van der Waals surface area contributed by atoms with Crippen LogP contribution in [0.3, 0.4) is 0 Å². The summed E-state index contributed by atoms with van der Waals surface area (Å²) in [6.45, 7) is 4.49. The average molecular weight is 564 g/mol. The molecule has 2 unspecified atom stereocenters. The van der Waals surface area contributed by atoms with Crippen molar-refractivity contribution in [3.63, 3.8) is 0 Å². The lowest BCUT2D eigenvalue weighted by Gasteiger charge is -2.32. The van der Waals surface area contributed by atoms with Gasteiger partial charge in [-0.15, -0.1) is 24.2 Å². The van der Waals surface area contributed by atoms with Crippen LogP contribution in [0.15, 0.2) is 95.9 Å². The van der Waals surface area contributed by atoms with Gasteiger partial charge in [0, 0.05) is 23.8 Å². The summed E-state index contributed by atoms with van der Waals surface area (Å²) in [6, 6.07) is 32.2. The third-order valence-corrected chi connectivity index (χ3v) is 7.89. The molecule has 4 aromatic carbocycles. The van der Waals surface area contributed by atoms with Gasteiger partial charge in [-0.2, -0.15) is 0 Å². The Morgan fingerprint density at radius 3 is 2.38 bits per heavy atom. The molecule has 0 bridgehead atoms. The van der Waals surface area contributed by atoms with Crippen LogP contribution in [0.4, 0.5) is 0 Å². The fourth-order valence-corrected chi connectivity index (χ4v) is 5.40. The maximum Gasteiger partial charge on any atom is 0.119 e. The number of nitrogens with one attached hydrogen (secondary N) is 1. The van der Waals surface area contributed by atoms with Crippen molar-refractivity contribution in [3.05, 3.63) is 108 Å². The van der Waals surface area contributed by atoms with E-state index < -0.39 is 0 Å². The normalized spacial score (nSPS) is 17.1. The first-order chi connectivity index (χ1) is 18.8. The highest BCUT2D eigenvalue weighted by molar-refractivity contribution is 7.98. The number of thioether (sulfide) groups is 1. The van der Waals surface area contributed by atoms with Crippen LogP contribution in [0, 0.1) is 0 Å². The topological polar surface area (TPSA) is 39.7 Å². The molecule has 1 saturated heterocycles. The third kappa shape index (κ3) is 8.47. The highest BCUT2D eigenvalue weighted by atomic mass is 35.5. The standard InChI is InChI=1S/C33H37NO3S.ClH/c1-38-31-15-8-25(9-16-31)23-35-19-4-20-36-30-13-11-28(12-14-30)32-17-18-34-22-33(32)37-24-26-7-10-27-5-2-3-6-29(27)21-26;/h2-3,5-16,21,32-34H,4,17-20,22-24H2,1H3;1H. The quantitative estimate of drug-likeness (QED) is 0.142. The summed E-state index contributed by atoms with van der Waals surface area (Å²) in [6.07, 6.45) is 4.17. The zero-order valence-electron chi connectivity index (χ0n) is 22.5. The first-order valence-corrected chi connectivity index (χ1v) is 14.7. The molecule has 4 nitrogen and oxygen atoms in total. The largest absolute Gasteiger partial charge is 0.494 e. The number of piperidine rings is 1. The van der Waals surface area contributed by atoms with E-state index in [9.17, 15) is 0 Å². The lowest BCUT2D eigenvalue weighted by Crippen LogP contribution is -2.40. The summed E-state index contributed by atoms with van der Waals surface area (Å²) < 4.78 is 18.2. The van der Waals surface area contributed by atoms with Gasteiger partial charge in [0.2, 0.25) is 0 Å². The molecule has 0 radical (unpaired) electrons. The van der Waals surface area contributed by atoms with E-state index in [-0.39, 0.29) is 18.5 Å². The van der Waals surface area contributed by atoms with Gasteiger partial charge in [0.25, 0.3) is 0 Å². The number of hydrogen-bond donors (Lipinski definition) is 1. The van der Waals surface area contributed by atoms with Gasteiger partial charge in [-0.3, -0.25) is 0 Å². The Balaban J connectivity index is 0.00000353. The van der Waals surface area contributed by atoms with E-state index in [1.807, 2.05) is 0 Å². The number of ether oxygens (including phenoxy) is 3. The fourth-order valence-electron chi connectivity index (χ4n) is 4.99. The molecular weight excluding hydrogens is 526 g/mol. The van der Waals surface area contributed by atoms with E-state index in [0.29, 0.717) is 32.3 Å². The maximum atomic E-state index is 6.45. The van der Waals surface area contributed by atoms with E-state index in [0.717, 1.165) is 31.7 Å². The van der Waals surface area contributed by atoms with Crippen molar-refractivity contribution in [1.29, 1.82) is 0 Å². The summed E-state index contributed by atoms with van der Waals surface area (Å²) in [5, 5.41) is 6.03. The predicted molar refractivity (Wildman–Crippen MR) is 164 cm³/mol. The van der Waals surface area contributed by atoms with Crippen molar-refractivity contribution >= 4 is 34.9 Å². The minimum atomic E-state index is 0. The molecule has 1 N–H and O–H groups in total. The summed E-state index contributed by atoms with van der Waals surface area (Å²) >= 11 is 1.75. The van der Waals surface area contributed by atoms with Gasteiger partial charge in [-0.1, -0.05) is 60.7 Å². The number of benzene rings is 4. The lowest BCUT2D eigenvalue weighted by atomic mass is 9.87. The van der Waals surface area contributed by atoms with E-state index in [2.05, 4.69) is 103 Å². The molecule has 1 heterocycles. The zero-order valence-corrected chi connectivity index (χ0v) is 24.1. The molecule has 0 saturated carbocycles.